The summed E-state index contributed by atoms with van der Waals surface area (Å²) in [5.74, 6) is 0. The molecule has 0 spiro atoms. The number of fused-ring (bicyclic) bond motifs is 7. The van der Waals surface area contributed by atoms with Crippen LogP contribution in [0.5, 0.6) is 0 Å². The normalized spacial score (nSPS) is 16.8. The molecule has 0 N–H and O–H groups in total. The maximum absolute atomic E-state index is 6.38. The fraction of sp³-hybridized carbons (Fsp3) is 0.0323. The van der Waals surface area contributed by atoms with Crippen molar-refractivity contribution in [3.05, 3.63) is 121 Å². The van der Waals surface area contributed by atoms with Crippen molar-refractivity contribution in [2.24, 2.45) is 0 Å². The number of furan rings is 1. The van der Waals surface area contributed by atoms with E-state index in [1.54, 1.807) is 0 Å². The van der Waals surface area contributed by atoms with Crippen molar-refractivity contribution in [2.45, 2.75) is 6.92 Å². The Kier molecular flexibility index (Phi) is 3.85. The van der Waals surface area contributed by atoms with Crippen LogP contribution in [0.2, 0.25) is 0 Å². The summed E-state index contributed by atoms with van der Waals surface area (Å²) in [5.41, 5.74) is 5.92. The molecule has 7 rings (SSSR count). The molecule has 156 valence electrons. The lowest BCUT2D eigenvalue weighted by Gasteiger charge is -2.31. The van der Waals surface area contributed by atoms with Crippen LogP contribution in [-0.4, -0.2) is 8.07 Å². The van der Waals surface area contributed by atoms with Gasteiger partial charge in [0.15, 0.2) is 8.07 Å². The van der Waals surface area contributed by atoms with Gasteiger partial charge in [0.25, 0.3) is 0 Å². The van der Waals surface area contributed by atoms with Gasteiger partial charge < -0.3 is 4.42 Å². The van der Waals surface area contributed by atoms with Gasteiger partial charge >= 0.3 is 0 Å². The van der Waals surface area contributed by atoms with Gasteiger partial charge in [-0.15, -0.1) is 0 Å². The molecule has 2 heteroatoms. The van der Waals surface area contributed by atoms with Crippen molar-refractivity contribution in [3.8, 4) is 11.1 Å². The molecule has 0 saturated carbocycles. The third-order valence-corrected chi connectivity index (χ3v) is 12.1. The zero-order chi connectivity index (χ0) is 22.0. The van der Waals surface area contributed by atoms with Crippen LogP contribution in [0.25, 0.3) is 33.1 Å². The second kappa shape index (κ2) is 6.81. The first-order valence-corrected chi connectivity index (χ1v) is 13.5. The van der Waals surface area contributed by atoms with E-state index in [2.05, 4.69) is 122 Å². The average molecular weight is 439 g/mol. The largest absolute Gasteiger partial charge is 0.456 e. The minimum absolute atomic E-state index is 0.955. The van der Waals surface area contributed by atoms with Gasteiger partial charge in [-0.2, -0.15) is 0 Å². The molecule has 0 amide bonds. The van der Waals surface area contributed by atoms with E-state index in [4.69, 9.17) is 4.42 Å². The molecule has 2 heterocycles. The lowest BCUT2D eigenvalue weighted by atomic mass is 10.0. The summed E-state index contributed by atoms with van der Waals surface area (Å²) in [7, 11) is -2.55. The molecule has 0 fully saturated rings. The van der Waals surface area contributed by atoms with Crippen LogP contribution in [0.1, 0.15) is 5.56 Å². The highest BCUT2D eigenvalue weighted by molar-refractivity contribution is 7.23. The quantitative estimate of drug-likeness (QED) is 0.336. The Morgan fingerprint density at radius 3 is 2.09 bits per heavy atom. The zero-order valence-corrected chi connectivity index (χ0v) is 19.4. The first-order chi connectivity index (χ1) is 16.3. The smallest absolute Gasteiger partial charge is 0.181 e. The molecule has 1 aliphatic rings. The maximum atomic E-state index is 6.38. The average Bonchev–Trinajstić information content (AvgIpc) is 3.39. The first-order valence-electron chi connectivity index (χ1n) is 11.5. The Morgan fingerprint density at radius 2 is 1.24 bits per heavy atom. The topological polar surface area (TPSA) is 13.1 Å². The Labute approximate surface area is 194 Å². The highest BCUT2D eigenvalue weighted by Gasteiger charge is 2.50. The second-order valence-electron chi connectivity index (χ2n) is 8.99. The number of aryl methyl sites for hydroxylation is 1. The van der Waals surface area contributed by atoms with Crippen molar-refractivity contribution in [1.29, 1.82) is 0 Å². The van der Waals surface area contributed by atoms with Crippen LogP contribution in [0.4, 0.5) is 0 Å². The lowest BCUT2D eigenvalue weighted by Crippen LogP contribution is -2.73. The Hall–Kier alpha value is -3.88. The standard InChI is InChI=1S/C31H22OSi/c1-21-15-17-23(18-16-21)33(22-9-3-2-4-10-22)29-14-8-6-11-24(29)25-19-20-28-30(31(25)33)26-12-5-7-13-27(26)32-28/h2-20H,1H3. The summed E-state index contributed by atoms with van der Waals surface area (Å²) in [6.07, 6.45) is 0. The zero-order valence-electron chi connectivity index (χ0n) is 18.4. The van der Waals surface area contributed by atoms with Gasteiger partial charge in [0.05, 0.1) is 0 Å². The van der Waals surface area contributed by atoms with Crippen LogP contribution < -0.4 is 20.7 Å². The van der Waals surface area contributed by atoms with Crippen molar-refractivity contribution >= 4 is 50.8 Å². The molecule has 1 nitrogen and oxygen atoms in total. The summed E-state index contributed by atoms with van der Waals surface area (Å²) < 4.78 is 6.38. The predicted molar refractivity (Wildman–Crippen MR) is 141 cm³/mol. The lowest BCUT2D eigenvalue weighted by molar-refractivity contribution is 0.669. The molecule has 33 heavy (non-hydrogen) atoms. The summed E-state index contributed by atoms with van der Waals surface area (Å²) >= 11 is 0. The minimum Gasteiger partial charge on any atom is -0.456 e. The Balaban J connectivity index is 1.76. The third kappa shape index (κ3) is 2.41. The van der Waals surface area contributed by atoms with Gasteiger partial charge in [-0.1, -0.05) is 109 Å². The summed E-state index contributed by atoms with van der Waals surface area (Å²) in [4.78, 5) is 0. The van der Waals surface area contributed by atoms with E-state index in [9.17, 15) is 0 Å². The predicted octanol–water partition coefficient (Wildman–Crippen LogP) is 5.25. The van der Waals surface area contributed by atoms with E-state index >= 15 is 0 Å². The van der Waals surface area contributed by atoms with E-state index in [0.29, 0.717) is 0 Å². The molecule has 1 unspecified atom stereocenters. The van der Waals surface area contributed by atoms with Crippen molar-refractivity contribution < 1.29 is 4.42 Å². The fourth-order valence-electron chi connectivity index (χ4n) is 5.87. The highest BCUT2D eigenvalue weighted by Crippen LogP contribution is 2.36. The van der Waals surface area contributed by atoms with E-state index in [-0.39, 0.29) is 0 Å². The van der Waals surface area contributed by atoms with Gasteiger partial charge in [-0.25, -0.2) is 0 Å². The minimum atomic E-state index is -2.55. The Morgan fingerprint density at radius 1 is 0.545 bits per heavy atom. The first kappa shape index (κ1) is 18.7. The Bertz CT molecular complexity index is 1660. The van der Waals surface area contributed by atoms with Crippen molar-refractivity contribution in [3.63, 3.8) is 0 Å². The molecule has 0 radical (unpaired) electrons. The molecule has 5 aromatic carbocycles. The summed E-state index contributed by atoms with van der Waals surface area (Å²) in [6.45, 7) is 2.17. The van der Waals surface area contributed by atoms with Crippen LogP contribution in [0.15, 0.2) is 120 Å². The maximum Gasteiger partial charge on any atom is 0.181 e. The molecular weight excluding hydrogens is 416 g/mol. The molecule has 0 saturated heterocycles. The van der Waals surface area contributed by atoms with Gasteiger partial charge in [0, 0.05) is 10.8 Å². The summed E-state index contributed by atoms with van der Waals surface area (Å²) in [5, 5.41) is 8.24. The van der Waals surface area contributed by atoms with Gasteiger partial charge in [-0.3, -0.25) is 0 Å². The number of para-hydroxylation sites is 1. The van der Waals surface area contributed by atoms with Gasteiger partial charge in [-0.05, 0) is 50.9 Å². The number of rotatable bonds is 2. The van der Waals surface area contributed by atoms with Crippen LogP contribution in [-0.2, 0) is 0 Å². The number of benzene rings is 5. The second-order valence-corrected chi connectivity index (χ2v) is 12.7. The molecule has 6 aromatic rings. The van der Waals surface area contributed by atoms with Gasteiger partial charge in [0.1, 0.15) is 11.2 Å². The molecule has 1 atom stereocenters. The molecular formula is C31H22OSi. The number of hydrogen-bond donors (Lipinski definition) is 0. The van der Waals surface area contributed by atoms with Crippen molar-refractivity contribution in [1.82, 2.24) is 0 Å². The van der Waals surface area contributed by atoms with E-state index in [1.807, 2.05) is 0 Å². The van der Waals surface area contributed by atoms with E-state index < -0.39 is 8.07 Å². The fourth-order valence-corrected chi connectivity index (χ4v) is 11.3. The van der Waals surface area contributed by atoms with E-state index in [0.717, 1.165) is 11.2 Å². The monoisotopic (exact) mass is 438 g/mol. The van der Waals surface area contributed by atoms with Crippen LogP contribution in [0, 0.1) is 6.92 Å². The number of hydrogen-bond acceptors (Lipinski definition) is 1. The van der Waals surface area contributed by atoms with E-state index in [1.165, 1.54) is 48.2 Å². The molecule has 1 aromatic heterocycles. The SMILES string of the molecule is Cc1ccc([Si]2(c3ccccc3)c3ccccc3-c3ccc4oc5ccccc5c4c32)cc1. The third-order valence-electron chi connectivity index (χ3n) is 7.23. The molecule has 1 aliphatic heterocycles. The van der Waals surface area contributed by atoms with Crippen molar-refractivity contribution in [2.75, 3.05) is 0 Å². The van der Waals surface area contributed by atoms with Gasteiger partial charge in [0.2, 0.25) is 0 Å². The van der Waals surface area contributed by atoms with Crippen LogP contribution in [0.3, 0.4) is 0 Å². The highest BCUT2D eigenvalue weighted by atomic mass is 28.3. The van der Waals surface area contributed by atoms with Crippen LogP contribution >= 0.6 is 0 Å². The summed E-state index contributed by atoms with van der Waals surface area (Å²) in [6, 6.07) is 42.4. The molecule has 0 bridgehead atoms. The molecule has 0 aliphatic carbocycles.